The molecule has 1 N–H and O–H groups in total. The van der Waals surface area contributed by atoms with Crippen molar-refractivity contribution in [2.75, 3.05) is 21.6 Å². The predicted octanol–water partition coefficient (Wildman–Crippen LogP) is 3.87. The highest BCUT2D eigenvalue weighted by atomic mass is 32.2. The van der Waals surface area contributed by atoms with E-state index in [-0.39, 0.29) is 5.69 Å². The summed E-state index contributed by atoms with van der Waals surface area (Å²) in [5.41, 5.74) is 0.426. The Kier molecular flexibility index (Phi) is 6.83. The van der Waals surface area contributed by atoms with Gasteiger partial charge in [-0.25, -0.2) is 17.2 Å². The van der Waals surface area contributed by atoms with Gasteiger partial charge in [0.2, 0.25) is 15.9 Å². The highest BCUT2D eigenvalue weighted by molar-refractivity contribution is 7.99. The smallest absolute Gasteiger partial charge is 0.248 e. The average Bonchev–Trinajstić information content (AvgIpc) is 2.59. The van der Waals surface area contributed by atoms with E-state index in [2.05, 4.69) is 5.32 Å². The summed E-state index contributed by atoms with van der Waals surface area (Å²) in [4.78, 5) is 13.5. The third kappa shape index (κ3) is 5.20. The monoisotopic (exact) mass is 414 g/mol. The first-order valence-electron chi connectivity index (χ1n) is 8.12. The van der Waals surface area contributed by atoms with Gasteiger partial charge in [-0.15, -0.1) is 11.8 Å². The number of hydrogen-bond acceptors (Lipinski definition) is 4. The molecule has 0 aliphatic carbocycles. The summed E-state index contributed by atoms with van der Waals surface area (Å²) in [6, 6.07) is 8.66. The zero-order chi connectivity index (χ0) is 20.2. The number of nitrogens with zero attached hydrogens (tertiary/aromatic N) is 1. The van der Waals surface area contributed by atoms with Crippen molar-refractivity contribution in [2.45, 2.75) is 24.8 Å². The Hall–Kier alpha value is -2.13. The minimum Gasteiger partial charge on any atom is -0.323 e. The molecule has 0 aliphatic rings. The van der Waals surface area contributed by atoms with Crippen LogP contribution in [0.3, 0.4) is 0 Å². The second-order valence-corrected chi connectivity index (χ2v) is 8.92. The zero-order valence-electron chi connectivity index (χ0n) is 15.1. The Morgan fingerprint density at radius 2 is 1.85 bits per heavy atom. The van der Waals surface area contributed by atoms with E-state index in [9.17, 15) is 22.0 Å². The van der Waals surface area contributed by atoms with E-state index in [1.807, 2.05) is 19.1 Å². The average molecular weight is 414 g/mol. The first-order chi connectivity index (χ1) is 12.6. The molecule has 0 saturated heterocycles. The number of carbonyl (C=O) groups is 1. The van der Waals surface area contributed by atoms with Gasteiger partial charge < -0.3 is 5.32 Å². The fourth-order valence-corrected chi connectivity index (χ4v) is 4.45. The molecule has 146 valence electrons. The Labute approximate surface area is 161 Å². The van der Waals surface area contributed by atoms with Gasteiger partial charge in [0, 0.05) is 11.0 Å². The van der Waals surface area contributed by atoms with Crippen molar-refractivity contribution in [1.82, 2.24) is 0 Å². The molecule has 1 amide bonds. The predicted molar refractivity (Wildman–Crippen MR) is 105 cm³/mol. The van der Waals surface area contributed by atoms with Crippen molar-refractivity contribution in [1.29, 1.82) is 0 Å². The van der Waals surface area contributed by atoms with Crippen LogP contribution in [0, 0.1) is 11.6 Å². The standard InChI is InChI=1S/C18H20F2N2O3S2/c1-4-26-17-8-6-5-7-16(17)21-18(23)12(2)22(27(3,24)25)13-9-10-14(19)15(20)11-13/h5-12H,4H2,1-3H3,(H,21,23). The molecule has 2 rings (SSSR count). The fraction of sp³-hybridized carbons (Fsp3) is 0.278. The molecule has 0 aliphatic heterocycles. The maximum absolute atomic E-state index is 13.6. The van der Waals surface area contributed by atoms with E-state index >= 15 is 0 Å². The van der Waals surface area contributed by atoms with Gasteiger partial charge in [-0.2, -0.15) is 0 Å². The second-order valence-electron chi connectivity index (χ2n) is 5.75. The molecule has 1 unspecified atom stereocenters. The van der Waals surface area contributed by atoms with Crippen molar-refractivity contribution < 1.29 is 22.0 Å². The van der Waals surface area contributed by atoms with Gasteiger partial charge in [-0.3, -0.25) is 9.10 Å². The number of thioether (sulfide) groups is 1. The normalized spacial score (nSPS) is 12.5. The molecule has 5 nitrogen and oxygen atoms in total. The third-order valence-electron chi connectivity index (χ3n) is 3.69. The number of rotatable bonds is 7. The van der Waals surface area contributed by atoms with E-state index in [4.69, 9.17) is 0 Å². The third-order valence-corrected chi connectivity index (χ3v) is 5.89. The van der Waals surface area contributed by atoms with Crippen LogP contribution in [0.1, 0.15) is 13.8 Å². The zero-order valence-corrected chi connectivity index (χ0v) is 16.7. The molecule has 0 radical (unpaired) electrons. The maximum atomic E-state index is 13.6. The molecule has 0 fully saturated rings. The minimum absolute atomic E-state index is 0.129. The molecule has 0 spiro atoms. The Balaban J connectivity index is 2.34. The second kappa shape index (κ2) is 8.71. The van der Waals surface area contributed by atoms with E-state index in [1.165, 1.54) is 18.7 Å². The van der Waals surface area contributed by atoms with Crippen molar-refractivity contribution in [3.63, 3.8) is 0 Å². The number of nitrogens with one attached hydrogen (secondary N) is 1. The Morgan fingerprint density at radius 3 is 2.44 bits per heavy atom. The molecule has 0 bridgehead atoms. The highest BCUT2D eigenvalue weighted by Gasteiger charge is 2.30. The van der Waals surface area contributed by atoms with Crippen LogP contribution in [0.4, 0.5) is 20.2 Å². The van der Waals surface area contributed by atoms with Crippen molar-refractivity contribution >= 4 is 39.1 Å². The molecular weight excluding hydrogens is 394 g/mol. The number of anilines is 2. The summed E-state index contributed by atoms with van der Waals surface area (Å²) in [5, 5.41) is 2.71. The molecule has 0 saturated carbocycles. The molecule has 2 aromatic rings. The molecule has 0 aromatic heterocycles. The number of sulfonamides is 1. The molecule has 2 aromatic carbocycles. The topological polar surface area (TPSA) is 66.5 Å². The van der Waals surface area contributed by atoms with Gasteiger partial charge in [0.1, 0.15) is 6.04 Å². The van der Waals surface area contributed by atoms with Gasteiger partial charge in [-0.1, -0.05) is 19.1 Å². The van der Waals surface area contributed by atoms with Crippen LogP contribution in [0.15, 0.2) is 47.4 Å². The molecule has 9 heteroatoms. The van der Waals surface area contributed by atoms with Crippen LogP contribution in [-0.4, -0.2) is 32.4 Å². The van der Waals surface area contributed by atoms with Crippen LogP contribution >= 0.6 is 11.8 Å². The summed E-state index contributed by atoms with van der Waals surface area (Å²) < 4.78 is 52.0. The van der Waals surface area contributed by atoms with Gasteiger partial charge in [0.05, 0.1) is 17.6 Å². The summed E-state index contributed by atoms with van der Waals surface area (Å²) in [7, 11) is -3.93. The van der Waals surface area contributed by atoms with E-state index < -0.39 is 33.6 Å². The lowest BCUT2D eigenvalue weighted by Gasteiger charge is -2.28. The largest absolute Gasteiger partial charge is 0.323 e. The van der Waals surface area contributed by atoms with Crippen molar-refractivity contribution in [2.24, 2.45) is 0 Å². The minimum atomic E-state index is -3.93. The van der Waals surface area contributed by atoms with Crippen molar-refractivity contribution in [3.8, 4) is 0 Å². The van der Waals surface area contributed by atoms with E-state index in [0.29, 0.717) is 5.69 Å². The SMILES string of the molecule is CCSc1ccccc1NC(=O)C(C)N(c1ccc(F)c(F)c1)S(C)(=O)=O. The number of carbonyl (C=O) groups excluding carboxylic acids is 1. The molecule has 1 atom stereocenters. The summed E-state index contributed by atoms with van der Waals surface area (Å²) in [6.07, 6.45) is 0.902. The first kappa shape index (κ1) is 21.2. The Bertz CT molecular complexity index is 936. The quantitative estimate of drug-likeness (QED) is 0.699. The lowest BCUT2D eigenvalue weighted by molar-refractivity contribution is -0.116. The lowest BCUT2D eigenvalue weighted by Crippen LogP contribution is -2.45. The van der Waals surface area contributed by atoms with Crippen molar-refractivity contribution in [3.05, 3.63) is 54.1 Å². The Morgan fingerprint density at radius 1 is 1.19 bits per heavy atom. The van der Waals surface area contributed by atoms with Crippen LogP contribution < -0.4 is 9.62 Å². The van der Waals surface area contributed by atoms with Gasteiger partial charge in [-0.05, 0) is 36.9 Å². The summed E-state index contributed by atoms with van der Waals surface area (Å²) in [5.74, 6) is -2.09. The fourth-order valence-electron chi connectivity index (χ4n) is 2.52. The van der Waals surface area contributed by atoms with E-state index in [1.54, 1.807) is 12.1 Å². The number of amides is 1. The lowest BCUT2D eigenvalue weighted by atomic mass is 10.2. The number of hydrogen-bond donors (Lipinski definition) is 1. The van der Waals surface area contributed by atoms with Crippen LogP contribution in [0.5, 0.6) is 0 Å². The summed E-state index contributed by atoms with van der Waals surface area (Å²) in [6.45, 7) is 3.35. The first-order valence-corrected chi connectivity index (χ1v) is 11.0. The molecule has 0 heterocycles. The number of para-hydroxylation sites is 1. The van der Waals surface area contributed by atoms with Crippen LogP contribution in [-0.2, 0) is 14.8 Å². The maximum Gasteiger partial charge on any atom is 0.248 e. The van der Waals surface area contributed by atoms with Gasteiger partial charge in [0.15, 0.2) is 11.6 Å². The van der Waals surface area contributed by atoms with Gasteiger partial charge in [0.25, 0.3) is 0 Å². The highest BCUT2D eigenvalue weighted by Crippen LogP contribution is 2.28. The van der Waals surface area contributed by atoms with Crippen LogP contribution in [0.2, 0.25) is 0 Å². The number of halogens is 2. The molecular formula is C18H20F2N2O3S2. The molecule has 27 heavy (non-hydrogen) atoms. The van der Waals surface area contributed by atoms with E-state index in [0.717, 1.165) is 39.4 Å². The number of benzene rings is 2. The van der Waals surface area contributed by atoms with Gasteiger partial charge >= 0.3 is 0 Å². The summed E-state index contributed by atoms with van der Waals surface area (Å²) >= 11 is 1.53. The van der Waals surface area contributed by atoms with Crippen LogP contribution in [0.25, 0.3) is 0 Å².